The van der Waals surface area contributed by atoms with E-state index in [0.717, 1.165) is 19.4 Å². The molecule has 0 heterocycles. The Morgan fingerprint density at radius 3 is 2.56 bits per heavy atom. The number of nitrogens with one attached hydrogen (secondary N) is 1. The van der Waals surface area contributed by atoms with Gasteiger partial charge in [0, 0.05) is 13.0 Å². The molecule has 0 amide bonds. The lowest BCUT2D eigenvalue weighted by Crippen LogP contribution is -2.26. The van der Waals surface area contributed by atoms with Crippen molar-refractivity contribution >= 4 is 0 Å². The summed E-state index contributed by atoms with van der Waals surface area (Å²) >= 11 is 0. The van der Waals surface area contributed by atoms with E-state index in [1.165, 1.54) is 24.8 Å². The second-order valence-electron chi connectivity index (χ2n) is 4.63. The van der Waals surface area contributed by atoms with Gasteiger partial charge < -0.3 is 0 Å². The molecule has 1 unspecified atom stereocenters. The van der Waals surface area contributed by atoms with Crippen LogP contribution in [-0.2, 0) is 6.54 Å². The molecule has 1 heteroatoms. The number of rotatable bonds is 7. The summed E-state index contributed by atoms with van der Waals surface area (Å²) in [6.07, 6.45) is 5.78. The Morgan fingerprint density at radius 1 is 1.11 bits per heavy atom. The monoisotopic (exact) mass is 243 g/mol. The van der Waals surface area contributed by atoms with E-state index in [2.05, 4.69) is 61.3 Å². The predicted octanol–water partition coefficient (Wildman–Crippen LogP) is 4.14. The average Bonchev–Trinajstić information content (AvgIpc) is 2.42. The van der Waals surface area contributed by atoms with E-state index in [9.17, 15) is 0 Å². The van der Waals surface area contributed by atoms with Crippen LogP contribution in [0, 0.1) is 11.8 Å². The highest BCUT2D eigenvalue weighted by Gasteiger charge is 2.02. The molecule has 0 radical (unpaired) electrons. The van der Waals surface area contributed by atoms with E-state index in [0.29, 0.717) is 6.04 Å². The van der Waals surface area contributed by atoms with Gasteiger partial charge in [-0.15, -0.1) is 5.92 Å². The largest absolute Gasteiger partial charge is 0.300 e. The Morgan fingerprint density at radius 2 is 1.89 bits per heavy atom. The van der Waals surface area contributed by atoms with Crippen LogP contribution in [-0.4, -0.2) is 6.04 Å². The highest BCUT2D eigenvalue weighted by Crippen LogP contribution is 2.01. The molecule has 1 rings (SSSR count). The van der Waals surface area contributed by atoms with Gasteiger partial charge in [0.05, 0.1) is 6.04 Å². The zero-order chi connectivity index (χ0) is 13.1. The summed E-state index contributed by atoms with van der Waals surface area (Å²) in [5, 5.41) is 3.54. The molecule has 0 saturated carbocycles. The van der Waals surface area contributed by atoms with E-state index < -0.39 is 0 Å². The van der Waals surface area contributed by atoms with Crippen LogP contribution >= 0.6 is 0 Å². The summed E-state index contributed by atoms with van der Waals surface area (Å²) in [5.41, 5.74) is 1.33. The van der Waals surface area contributed by atoms with Crippen molar-refractivity contribution in [3.8, 4) is 11.8 Å². The molecule has 1 aromatic rings. The van der Waals surface area contributed by atoms with Gasteiger partial charge in [-0.05, 0) is 18.4 Å². The molecule has 0 bridgehead atoms. The van der Waals surface area contributed by atoms with Crippen molar-refractivity contribution in [1.82, 2.24) is 5.32 Å². The first-order valence-electron chi connectivity index (χ1n) is 7.12. The van der Waals surface area contributed by atoms with Gasteiger partial charge in [0.25, 0.3) is 0 Å². The standard InChI is InChI=1S/C17H25N/c1-3-5-6-10-14-17(11-4-2)18-15-16-12-8-7-9-13-16/h7-9,12-13,17-18H,3-6,11,15H2,1-2H3. The lowest BCUT2D eigenvalue weighted by molar-refractivity contribution is 0.562. The van der Waals surface area contributed by atoms with Crippen LogP contribution in [0.2, 0.25) is 0 Å². The van der Waals surface area contributed by atoms with Crippen molar-refractivity contribution in [2.45, 2.75) is 58.5 Å². The fraction of sp³-hybridized carbons (Fsp3) is 0.529. The minimum absolute atomic E-state index is 0.340. The van der Waals surface area contributed by atoms with Crippen LogP contribution in [0.25, 0.3) is 0 Å². The van der Waals surface area contributed by atoms with E-state index in [1.54, 1.807) is 0 Å². The maximum absolute atomic E-state index is 3.54. The molecule has 1 N–H and O–H groups in total. The molecular weight excluding hydrogens is 218 g/mol. The van der Waals surface area contributed by atoms with E-state index in [-0.39, 0.29) is 0 Å². The number of unbranched alkanes of at least 4 members (excludes halogenated alkanes) is 2. The first-order chi connectivity index (χ1) is 8.86. The lowest BCUT2D eigenvalue weighted by atomic mass is 10.1. The van der Waals surface area contributed by atoms with E-state index in [1.807, 2.05) is 0 Å². The van der Waals surface area contributed by atoms with Crippen LogP contribution in [0.5, 0.6) is 0 Å². The van der Waals surface area contributed by atoms with Gasteiger partial charge in [0.2, 0.25) is 0 Å². The minimum atomic E-state index is 0.340. The van der Waals surface area contributed by atoms with Gasteiger partial charge in [-0.1, -0.05) is 62.9 Å². The second kappa shape index (κ2) is 9.74. The first kappa shape index (κ1) is 14.8. The van der Waals surface area contributed by atoms with E-state index >= 15 is 0 Å². The van der Waals surface area contributed by atoms with Crippen LogP contribution in [0.3, 0.4) is 0 Å². The average molecular weight is 243 g/mol. The molecule has 18 heavy (non-hydrogen) atoms. The van der Waals surface area contributed by atoms with Gasteiger partial charge in [-0.2, -0.15) is 0 Å². The van der Waals surface area contributed by atoms with Crippen molar-refractivity contribution in [1.29, 1.82) is 0 Å². The summed E-state index contributed by atoms with van der Waals surface area (Å²) in [7, 11) is 0. The lowest BCUT2D eigenvalue weighted by Gasteiger charge is -2.12. The zero-order valence-corrected chi connectivity index (χ0v) is 11.7. The fourth-order valence-electron chi connectivity index (χ4n) is 1.81. The molecule has 0 fully saturated rings. The molecule has 1 atom stereocenters. The molecule has 98 valence electrons. The van der Waals surface area contributed by atoms with Crippen LogP contribution in [0.1, 0.15) is 51.5 Å². The van der Waals surface area contributed by atoms with E-state index in [4.69, 9.17) is 0 Å². The maximum Gasteiger partial charge on any atom is 0.0692 e. The Labute approximate surface area is 112 Å². The molecule has 0 aromatic heterocycles. The van der Waals surface area contributed by atoms with Gasteiger partial charge in [-0.3, -0.25) is 5.32 Å². The summed E-state index contributed by atoms with van der Waals surface area (Å²) in [6, 6.07) is 10.9. The van der Waals surface area contributed by atoms with Crippen LogP contribution < -0.4 is 5.32 Å². The SMILES string of the molecule is CCCCC#CC(CCC)NCc1ccccc1. The third-order valence-corrected chi connectivity index (χ3v) is 2.90. The number of benzene rings is 1. The van der Waals surface area contributed by atoms with Crippen LogP contribution in [0.4, 0.5) is 0 Å². The maximum atomic E-state index is 3.54. The predicted molar refractivity (Wildman–Crippen MR) is 79.3 cm³/mol. The van der Waals surface area contributed by atoms with Crippen molar-refractivity contribution < 1.29 is 0 Å². The molecular formula is C17H25N. The highest BCUT2D eigenvalue weighted by atomic mass is 14.9. The second-order valence-corrected chi connectivity index (χ2v) is 4.63. The molecule has 0 saturated heterocycles. The molecule has 1 nitrogen and oxygen atoms in total. The third-order valence-electron chi connectivity index (χ3n) is 2.90. The number of hydrogen-bond acceptors (Lipinski definition) is 1. The van der Waals surface area contributed by atoms with Gasteiger partial charge in [0.1, 0.15) is 0 Å². The summed E-state index contributed by atoms with van der Waals surface area (Å²) in [6.45, 7) is 5.33. The number of hydrogen-bond donors (Lipinski definition) is 1. The van der Waals surface area contributed by atoms with Gasteiger partial charge in [0.15, 0.2) is 0 Å². The smallest absolute Gasteiger partial charge is 0.0692 e. The van der Waals surface area contributed by atoms with Gasteiger partial charge in [-0.25, -0.2) is 0 Å². The molecule has 0 aliphatic rings. The molecule has 0 spiro atoms. The van der Waals surface area contributed by atoms with Crippen molar-refractivity contribution in [2.75, 3.05) is 0 Å². The molecule has 0 aliphatic heterocycles. The van der Waals surface area contributed by atoms with Crippen molar-refractivity contribution in [3.63, 3.8) is 0 Å². The first-order valence-corrected chi connectivity index (χ1v) is 7.12. The molecule has 1 aromatic carbocycles. The summed E-state index contributed by atoms with van der Waals surface area (Å²) in [5.74, 6) is 6.66. The van der Waals surface area contributed by atoms with Crippen molar-refractivity contribution in [2.24, 2.45) is 0 Å². The Kier molecular flexibility index (Phi) is 8.01. The summed E-state index contributed by atoms with van der Waals surface area (Å²) in [4.78, 5) is 0. The van der Waals surface area contributed by atoms with Crippen molar-refractivity contribution in [3.05, 3.63) is 35.9 Å². The Balaban J connectivity index is 2.39. The fourth-order valence-corrected chi connectivity index (χ4v) is 1.81. The third kappa shape index (κ3) is 6.47. The molecule has 0 aliphatic carbocycles. The zero-order valence-electron chi connectivity index (χ0n) is 11.7. The normalized spacial score (nSPS) is 11.7. The Bertz CT molecular complexity index is 358. The Hall–Kier alpha value is -1.26. The topological polar surface area (TPSA) is 12.0 Å². The minimum Gasteiger partial charge on any atom is -0.300 e. The summed E-state index contributed by atoms with van der Waals surface area (Å²) < 4.78 is 0. The quantitative estimate of drug-likeness (QED) is 0.560. The highest BCUT2D eigenvalue weighted by molar-refractivity contribution is 5.15. The van der Waals surface area contributed by atoms with Gasteiger partial charge >= 0.3 is 0 Å². The van der Waals surface area contributed by atoms with Crippen LogP contribution in [0.15, 0.2) is 30.3 Å².